The Kier molecular flexibility index (Phi) is 6.45. The summed E-state index contributed by atoms with van der Waals surface area (Å²) in [5.74, 6) is -0.426. The molecule has 1 heterocycles. The lowest BCUT2D eigenvalue weighted by atomic mass is 9.97. The molecule has 0 bridgehead atoms. The average Bonchev–Trinajstić information content (AvgIpc) is 2.99. The fourth-order valence-corrected chi connectivity index (χ4v) is 2.52. The summed E-state index contributed by atoms with van der Waals surface area (Å²) in [7, 11) is 2.82. The second-order valence-electron chi connectivity index (χ2n) is 5.30. The number of nitrogens with one attached hydrogen (secondary N) is 2. The normalized spacial score (nSPS) is 20.6. The van der Waals surface area contributed by atoms with Crippen LogP contribution < -0.4 is 10.6 Å². The summed E-state index contributed by atoms with van der Waals surface area (Å²) in [5.41, 5.74) is 0. The van der Waals surface area contributed by atoms with E-state index in [1.54, 1.807) is 11.9 Å². The van der Waals surface area contributed by atoms with Crippen molar-refractivity contribution >= 4 is 17.9 Å². The van der Waals surface area contributed by atoms with Crippen molar-refractivity contribution in [2.24, 2.45) is 5.92 Å². The average molecular weight is 299 g/mol. The highest BCUT2D eigenvalue weighted by Crippen LogP contribution is 2.21. The minimum Gasteiger partial charge on any atom is -0.453 e. The molecule has 0 aromatic rings. The predicted octanol–water partition coefficient (Wildman–Crippen LogP) is 0.494. The SMILES string of the molecule is CC[C@@H](C)C(NC(=O)OC)C(=O)N1CCC[C@H]1C(=O)NC. The first-order valence-electron chi connectivity index (χ1n) is 7.32. The summed E-state index contributed by atoms with van der Waals surface area (Å²) in [6, 6.07) is -1.12. The summed E-state index contributed by atoms with van der Waals surface area (Å²) in [4.78, 5) is 37.6. The fraction of sp³-hybridized carbons (Fsp3) is 0.786. The van der Waals surface area contributed by atoms with Crippen molar-refractivity contribution in [3.05, 3.63) is 0 Å². The molecule has 3 amide bonds. The number of hydrogen-bond donors (Lipinski definition) is 2. The van der Waals surface area contributed by atoms with Crippen LogP contribution in [0.3, 0.4) is 0 Å². The molecule has 1 aliphatic heterocycles. The maximum absolute atomic E-state index is 12.7. The van der Waals surface area contributed by atoms with Crippen LogP contribution in [0.25, 0.3) is 0 Å². The lowest BCUT2D eigenvalue weighted by molar-refractivity contribution is -0.140. The van der Waals surface area contributed by atoms with Gasteiger partial charge in [0.25, 0.3) is 0 Å². The Labute approximate surface area is 125 Å². The fourth-order valence-electron chi connectivity index (χ4n) is 2.52. The van der Waals surface area contributed by atoms with E-state index in [0.717, 1.165) is 12.8 Å². The first-order chi connectivity index (χ1) is 9.96. The van der Waals surface area contributed by atoms with E-state index in [9.17, 15) is 14.4 Å². The van der Waals surface area contributed by atoms with Gasteiger partial charge in [0.15, 0.2) is 0 Å². The van der Waals surface area contributed by atoms with E-state index in [2.05, 4.69) is 15.4 Å². The number of methoxy groups -OCH3 is 1. The second-order valence-corrected chi connectivity index (χ2v) is 5.30. The highest BCUT2D eigenvalue weighted by molar-refractivity contribution is 5.91. The van der Waals surface area contributed by atoms with Gasteiger partial charge in [-0.2, -0.15) is 0 Å². The Hall–Kier alpha value is -1.79. The van der Waals surface area contributed by atoms with Crippen molar-refractivity contribution in [1.82, 2.24) is 15.5 Å². The van der Waals surface area contributed by atoms with Gasteiger partial charge in [0.2, 0.25) is 11.8 Å². The van der Waals surface area contributed by atoms with Crippen LogP contribution in [0, 0.1) is 5.92 Å². The molecule has 2 N–H and O–H groups in total. The van der Waals surface area contributed by atoms with Crippen LogP contribution in [-0.4, -0.2) is 55.6 Å². The van der Waals surface area contributed by atoms with Crippen LogP contribution in [0.15, 0.2) is 0 Å². The number of nitrogens with zero attached hydrogens (tertiary/aromatic N) is 1. The predicted molar refractivity (Wildman–Crippen MR) is 77.6 cm³/mol. The monoisotopic (exact) mass is 299 g/mol. The zero-order chi connectivity index (χ0) is 16.0. The van der Waals surface area contributed by atoms with Gasteiger partial charge in [0, 0.05) is 13.6 Å². The number of carbonyl (C=O) groups is 3. The standard InChI is InChI=1S/C14H25N3O4/c1-5-9(2)11(16-14(20)21-4)13(19)17-8-6-7-10(17)12(18)15-3/h9-11H,5-8H2,1-4H3,(H,15,18)(H,16,20)/t9-,10+,11?/m1/s1. The molecule has 1 unspecified atom stereocenters. The van der Waals surface area contributed by atoms with E-state index in [-0.39, 0.29) is 17.7 Å². The summed E-state index contributed by atoms with van der Waals surface area (Å²) in [6.45, 7) is 4.38. The third-order valence-electron chi connectivity index (χ3n) is 4.02. The number of rotatable bonds is 5. The summed E-state index contributed by atoms with van der Waals surface area (Å²) in [5, 5.41) is 5.17. The molecule has 0 aliphatic carbocycles. The van der Waals surface area contributed by atoms with E-state index >= 15 is 0 Å². The maximum Gasteiger partial charge on any atom is 0.407 e. The minimum atomic E-state index is -0.673. The van der Waals surface area contributed by atoms with Crippen LogP contribution in [0.2, 0.25) is 0 Å². The smallest absolute Gasteiger partial charge is 0.407 e. The minimum absolute atomic E-state index is 0.0393. The molecule has 3 atom stereocenters. The van der Waals surface area contributed by atoms with Gasteiger partial charge in [-0.05, 0) is 18.8 Å². The molecule has 1 aliphatic rings. The molecule has 7 nitrogen and oxygen atoms in total. The summed E-state index contributed by atoms with van der Waals surface area (Å²) >= 11 is 0. The highest BCUT2D eigenvalue weighted by atomic mass is 16.5. The lowest BCUT2D eigenvalue weighted by Gasteiger charge is -2.30. The number of likely N-dealkylation sites (tertiary alicyclic amines) is 1. The van der Waals surface area contributed by atoms with Crippen LogP contribution in [0.5, 0.6) is 0 Å². The van der Waals surface area contributed by atoms with Crippen molar-refractivity contribution in [2.45, 2.75) is 45.2 Å². The van der Waals surface area contributed by atoms with Crippen LogP contribution in [0.1, 0.15) is 33.1 Å². The zero-order valence-corrected chi connectivity index (χ0v) is 13.1. The van der Waals surface area contributed by atoms with Gasteiger partial charge >= 0.3 is 6.09 Å². The second kappa shape index (κ2) is 7.85. The molecule has 7 heteroatoms. The molecule has 1 rings (SSSR count). The molecule has 21 heavy (non-hydrogen) atoms. The van der Waals surface area contributed by atoms with Crippen molar-refractivity contribution in [3.8, 4) is 0 Å². The number of alkyl carbamates (subject to hydrolysis) is 1. The molecular weight excluding hydrogens is 274 g/mol. The molecule has 0 saturated carbocycles. The van der Waals surface area contributed by atoms with Gasteiger partial charge in [-0.1, -0.05) is 20.3 Å². The van der Waals surface area contributed by atoms with Crippen molar-refractivity contribution < 1.29 is 19.1 Å². The van der Waals surface area contributed by atoms with Crippen LogP contribution in [-0.2, 0) is 14.3 Å². The summed E-state index contributed by atoms with van der Waals surface area (Å²) in [6.07, 6.45) is 1.54. The Morgan fingerprint density at radius 1 is 1.38 bits per heavy atom. The number of hydrogen-bond acceptors (Lipinski definition) is 4. The highest BCUT2D eigenvalue weighted by Gasteiger charge is 2.38. The Morgan fingerprint density at radius 3 is 2.57 bits per heavy atom. The van der Waals surface area contributed by atoms with E-state index in [1.165, 1.54) is 7.11 Å². The van der Waals surface area contributed by atoms with E-state index in [1.807, 2.05) is 13.8 Å². The van der Waals surface area contributed by atoms with Gasteiger partial charge in [0.05, 0.1) is 7.11 Å². The molecule has 0 aromatic heterocycles. The first kappa shape index (κ1) is 17.3. The third-order valence-corrected chi connectivity index (χ3v) is 4.02. The Balaban J connectivity index is 2.88. The number of likely N-dealkylation sites (N-methyl/N-ethyl adjacent to an activating group) is 1. The zero-order valence-electron chi connectivity index (χ0n) is 13.1. The van der Waals surface area contributed by atoms with Gasteiger partial charge in [-0.3, -0.25) is 9.59 Å². The molecule has 0 radical (unpaired) electrons. The molecule has 0 spiro atoms. The molecule has 1 fully saturated rings. The molecule has 120 valence electrons. The van der Waals surface area contributed by atoms with Crippen LogP contribution >= 0.6 is 0 Å². The topological polar surface area (TPSA) is 87.7 Å². The Bertz CT molecular complexity index is 400. The van der Waals surface area contributed by atoms with Gasteiger partial charge in [0.1, 0.15) is 12.1 Å². The first-order valence-corrected chi connectivity index (χ1v) is 7.32. The molecular formula is C14H25N3O4. The molecule has 0 aromatic carbocycles. The Morgan fingerprint density at radius 2 is 2.05 bits per heavy atom. The van der Waals surface area contributed by atoms with Crippen molar-refractivity contribution in [2.75, 3.05) is 20.7 Å². The number of ether oxygens (including phenoxy) is 1. The summed E-state index contributed by atoms with van der Waals surface area (Å²) < 4.78 is 4.58. The number of amides is 3. The maximum atomic E-state index is 12.7. The van der Waals surface area contributed by atoms with Crippen molar-refractivity contribution in [3.63, 3.8) is 0 Å². The largest absolute Gasteiger partial charge is 0.453 e. The molecule has 1 saturated heterocycles. The quantitative estimate of drug-likeness (QED) is 0.773. The van der Waals surface area contributed by atoms with Gasteiger partial charge in [-0.15, -0.1) is 0 Å². The van der Waals surface area contributed by atoms with E-state index in [0.29, 0.717) is 13.0 Å². The third kappa shape index (κ3) is 4.09. The van der Waals surface area contributed by atoms with E-state index in [4.69, 9.17) is 0 Å². The van der Waals surface area contributed by atoms with Crippen LogP contribution in [0.4, 0.5) is 4.79 Å². The van der Waals surface area contributed by atoms with Gasteiger partial charge < -0.3 is 20.3 Å². The van der Waals surface area contributed by atoms with Crippen molar-refractivity contribution in [1.29, 1.82) is 0 Å². The lowest BCUT2D eigenvalue weighted by Crippen LogP contribution is -2.55. The number of carbonyl (C=O) groups excluding carboxylic acids is 3. The van der Waals surface area contributed by atoms with Gasteiger partial charge in [-0.25, -0.2) is 4.79 Å². The van der Waals surface area contributed by atoms with E-state index < -0.39 is 18.2 Å².